The molecule has 1 saturated heterocycles. The monoisotopic (exact) mass is 389 g/mol. The van der Waals surface area contributed by atoms with Gasteiger partial charge in [-0.1, -0.05) is 0 Å². The van der Waals surface area contributed by atoms with Gasteiger partial charge in [-0.15, -0.1) is 0 Å². The van der Waals surface area contributed by atoms with Crippen molar-refractivity contribution in [2.75, 3.05) is 25.5 Å². The van der Waals surface area contributed by atoms with Crippen molar-refractivity contribution >= 4 is 37.5 Å². The Balaban J connectivity index is 2.38. The number of amides is 1. The fourth-order valence-electron chi connectivity index (χ4n) is 2.53. The van der Waals surface area contributed by atoms with Gasteiger partial charge >= 0.3 is 0 Å². The van der Waals surface area contributed by atoms with Gasteiger partial charge in [-0.05, 0) is 53.5 Å². The fourth-order valence-corrected chi connectivity index (χ4v) is 4.74. The van der Waals surface area contributed by atoms with Gasteiger partial charge in [-0.2, -0.15) is 4.31 Å². The number of nitrogens with zero attached hydrogens (tertiary/aromatic N) is 1. The van der Waals surface area contributed by atoms with Gasteiger partial charge in [0.2, 0.25) is 15.9 Å². The zero-order valence-electron chi connectivity index (χ0n) is 12.8. The average molecular weight is 390 g/mol. The van der Waals surface area contributed by atoms with Crippen LogP contribution in [0, 0.1) is 6.92 Å². The van der Waals surface area contributed by atoms with E-state index in [2.05, 4.69) is 26.6 Å². The molecule has 122 valence electrons. The summed E-state index contributed by atoms with van der Waals surface area (Å²) in [5.74, 6) is -0.204. The van der Waals surface area contributed by atoms with Gasteiger partial charge in [0.15, 0.2) is 0 Å². The third-order valence-electron chi connectivity index (χ3n) is 3.78. The van der Waals surface area contributed by atoms with Crippen LogP contribution in [-0.4, -0.2) is 44.8 Å². The lowest BCUT2D eigenvalue weighted by atomic mass is 10.2. The van der Waals surface area contributed by atoms with Crippen LogP contribution in [0.2, 0.25) is 0 Å². The smallest absolute Gasteiger partial charge is 0.243 e. The number of carbonyl (C=O) groups excluding carboxylic acids is 1. The quantitative estimate of drug-likeness (QED) is 0.821. The van der Waals surface area contributed by atoms with Crippen LogP contribution >= 0.6 is 15.9 Å². The van der Waals surface area contributed by atoms with Gasteiger partial charge in [0.25, 0.3) is 0 Å². The van der Waals surface area contributed by atoms with Gasteiger partial charge in [0.1, 0.15) is 0 Å². The van der Waals surface area contributed by atoms with Gasteiger partial charge in [-0.25, -0.2) is 8.42 Å². The number of benzene rings is 1. The van der Waals surface area contributed by atoms with Gasteiger partial charge in [-0.3, -0.25) is 4.79 Å². The first kappa shape index (κ1) is 17.4. The predicted molar refractivity (Wildman–Crippen MR) is 89.4 cm³/mol. The maximum absolute atomic E-state index is 12.8. The Morgan fingerprint density at radius 3 is 2.68 bits per heavy atom. The van der Waals surface area contributed by atoms with Crippen molar-refractivity contribution in [3.8, 4) is 0 Å². The predicted octanol–water partition coefficient (Wildman–Crippen LogP) is 1.70. The molecule has 2 rings (SSSR count). The van der Waals surface area contributed by atoms with Crippen LogP contribution in [0.3, 0.4) is 0 Å². The topological polar surface area (TPSA) is 78.5 Å². The molecule has 1 unspecified atom stereocenters. The lowest BCUT2D eigenvalue weighted by molar-refractivity contribution is -0.114. The number of likely N-dealkylation sites (N-methyl/N-ethyl adjacent to an activating group) is 1. The lowest BCUT2D eigenvalue weighted by Crippen LogP contribution is -2.38. The molecule has 0 saturated carbocycles. The number of sulfonamides is 1. The molecular formula is C14H20BrN3O3S. The largest absolute Gasteiger partial charge is 0.325 e. The van der Waals surface area contributed by atoms with E-state index in [1.54, 1.807) is 26.1 Å². The normalized spacial score (nSPS) is 18.7. The first-order chi connectivity index (χ1) is 10.2. The van der Waals surface area contributed by atoms with Crippen LogP contribution in [0.4, 0.5) is 5.69 Å². The molecule has 0 aromatic heterocycles. The van der Waals surface area contributed by atoms with Crippen molar-refractivity contribution in [2.24, 2.45) is 0 Å². The maximum atomic E-state index is 12.8. The number of aryl methyl sites for hydroxylation is 1. The highest BCUT2D eigenvalue weighted by Gasteiger charge is 2.31. The third-order valence-corrected chi connectivity index (χ3v) is 6.49. The molecular weight excluding hydrogens is 370 g/mol. The van der Waals surface area contributed by atoms with E-state index in [9.17, 15) is 13.2 Å². The van der Waals surface area contributed by atoms with E-state index in [1.807, 2.05) is 0 Å². The number of anilines is 1. The Bertz CT molecular complexity index is 685. The summed E-state index contributed by atoms with van der Waals surface area (Å²) in [6.45, 7) is 4.63. The Morgan fingerprint density at radius 2 is 2.14 bits per heavy atom. The van der Waals surface area contributed by atoms with E-state index in [4.69, 9.17) is 0 Å². The average Bonchev–Trinajstić information content (AvgIpc) is 2.94. The van der Waals surface area contributed by atoms with Crippen molar-refractivity contribution in [1.82, 2.24) is 9.62 Å². The fraction of sp³-hybridized carbons (Fsp3) is 0.500. The van der Waals surface area contributed by atoms with Crippen molar-refractivity contribution in [1.29, 1.82) is 0 Å². The van der Waals surface area contributed by atoms with Crippen molar-refractivity contribution in [3.05, 3.63) is 22.2 Å². The molecule has 0 radical (unpaired) electrons. The number of halogens is 1. The highest BCUT2D eigenvalue weighted by atomic mass is 79.9. The van der Waals surface area contributed by atoms with E-state index in [-0.39, 0.29) is 16.8 Å². The molecule has 1 heterocycles. The highest BCUT2D eigenvalue weighted by Crippen LogP contribution is 2.31. The minimum absolute atomic E-state index is 0.0294. The Morgan fingerprint density at radius 1 is 1.45 bits per heavy atom. The summed E-state index contributed by atoms with van der Waals surface area (Å²) >= 11 is 3.32. The maximum Gasteiger partial charge on any atom is 0.243 e. The number of hydrogen-bond acceptors (Lipinski definition) is 4. The summed E-state index contributed by atoms with van der Waals surface area (Å²) in [6.07, 6.45) is 0.805. The van der Waals surface area contributed by atoms with E-state index < -0.39 is 10.0 Å². The molecule has 1 fully saturated rings. The molecule has 1 atom stereocenters. The number of rotatable bonds is 4. The Hall–Kier alpha value is -0.960. The molecule has 1 aliphatic heterocycles. The van der Waals surface area contributed by atoms with Gasteiger partial charge in [0.05, 0.1) is 10.6 Å². The first-order valence-corrected chi connectivity index (χ1v) is 9.23. The van der Waals surface area contributed by atoms with E-state index in [0.29, 0.717) is 22.3 Å². The molecule has 2 N–H and O–H groups in total. The Kier molecular flexibility index (Phi) is 5.26. The third kappa shape index (κ3) is 3.51. The summed E-state index contributed by atoms with van der Waals surface area (Å²) in [7, 11) is -1.96. The van der Waals surface area contributed by atoms with Crippen LogP contribution < -0.4 is 10.6 Å². The van der Waals surface area contributed by atoms with Gasteiger partial charge < -0.3 is 10.6 Å². The van der Waals surface area contributed by atoms with Gasteiger partial charge in [0, 0.05) is 31.0 Å². The molecule has 8 heteroatoms. The highest BCUT2D eigenvalue weighted by molar-refractivity contribution is 9.10. The molecule has 0 aliphatic carbocycles. The van der Waals surface area contributed by atoms with Crippen LogP contribution in [-0.2, 0) is 14.8 Å². The summed E-state index contributed by atoms with van der Waals surface area (Å²) < 4.78 is 27.6. The molecule has 0 bridgehead atoms. The summed E-state index contributed by atoms with van der Waals surface area (Å²) in [6, 6.07) is 3.19. The van der Waals surface area contributed by atoms with E-state index >= 15 is 0 Å². The summed E-state index contributed by atoms with van der Waals surface area (Å²) in [4.78, 5) is 11.4. The Labute approximate surface area is 139 Å². The van der Waals surface area contributed by atoms with E-state index in [0.717, 1.165) is 13.0 Å². The molecule has 1 amide bonds. The molecule has 1 aromatic carbocycles. The minimum Gasteiger partial charge on any atom is -0.325 e. The minimum atomic E-state index is -3.57. The van der Waals surface area contributed by atoms with Crippen LogP contribution in [0.1, 0.15) is 18.9 Å². The standard InChI is InChI=1S/C14H20BrN3O3S/c1-9-6-13(17-10(2)19)12(15)7-14(9)22(20,21)18(3)11-4-5-16-8-11/h6-7,11,16H,4-5,8H2,1-3H3,(H,17,19). The molecule has 0 spiro atoms. The second-order valence-electron chi connectivity index (χ2n) is 5.45. The van der Waals surface area contributed by atoms with Crippen LogP contribution in [0.15, 0.2) is 21.5 Å². The molecule has 1 aromatic rings. The van der Waals surface area contributed by atoms with Crippen LogP contribution in [0.5, 0.6) is 0 Å². The molecule has 6 nitrogen and oxygen atoms in total. The molecule has 1 aliphatic rings. The zero-order valence-corrected chi connectivity index (χ0v) is 15.2. The zero-order chi connectivity index (χ0) is 16.5. The van der Waals surface area contributed by atoms with E-state index in [1.165, 1.54) is 11.2 Å². The second-order valence-corrected chi connectivity index (χ2v) is 8.27. The molecule has 22 heavy (non-hydrogen) atoms. The summed E-state index contributed by atoms with van der Waals surface area (Å²) in [5, 5.41) is 5.84. The number of carbonyl (C=O) groups is 1. The number of nitrogens with one attached hydrogen (secondary N) is 2. The SMILES string of the molecule is CC(=O)Nc1cc(C)c(S(=O)(=O)N(C)C2CCNC2)cc1Br. The van der Waals surface area contributed by atoms with Crippen LogP contribution in [0.25, 0.3) is 0 Å². The van der Waals surface area contributed by atoms with Crippen molar-refractivity contribution < 1.29 is 13.2 Å². The number of hydrogen-bond donors (Lipinski definition) is 2. The first-order valence-electron chi connectivity index (χ1n) is 7.00. The van der Waals surface area contributed by atoms with Crippen molar-refractivity contribution in [3.63, 3.8) is 0 Å². The van der Waals surface area contributed by atoms with Crippen molar-refractivity contribution in [2.45, 2.75) is 31.2 Å². The second kappa shape index (κ2) is 6.66. The summed E-state index contributed by atoms with van der Waals surface area (Å²) in [5.41, 5.74) is 1.17. The lowest BCUT2D eigenvalue weighted by Gasteiger charge is -2.24.